The summed E-state index contributed by atoms with van der Waals surface area (Å²) in [4.78, 5) is 13.9. The molecule has 2 aromatic heterocycles. The Labute approximate surface area is 148 Å². The highest BCUT2D eigenvalue weighted by Gasteiger charge is 2.14. The van der Waals surface area contributed by atoms with Crippen molar-refractivity contribution in [3.8, 4) is 22.0 Å². The van der Waals surface area contributed by atoms with E-state index in [-0.39, 0.29) is 5.82 Å². The number of thiazole rings is 1. The van der Waals surface area contributed by atoms with Crippen molar-refractivity contribution >= 4 is 28.1 Å². The van der Waals surface area contributed by atoms with E-state index in [2.05, 4.69) is 27.2 Å². The molecule has 3 aromatic rings. The van der Waals surface area contributed by atoms with Crippen molar-refractivity contribution in [1.82, 2.24) is 15.0 Å². The Balaban J connectivity index is 1.97. The van der Waals surface area contributed by atoms with E-state index >= 15 is 0 Å². The van der Waals surface area contributed by atoms with Gasteiger partial charge in [-0.3, -0.25) is 0 Å². The Hall–Kier alpha value is -2.05. The lowest BCUT2D eigenvalue weighted by molar-refractivity contribution is 0.621. The summed E-state index contributed by atoms with van der Waals surface area (Å²) in [7, 11) is 0. The molecule has 0 atom stereocenters. The highest BCUT2D eigenvalue weighted by molar-refractivity contribution is 7.18. The maximum Gasteiger partial charge on any atom is 0.183 e. The molecule has 0 saturated heterocycles. The summed E-state index contributed by atoms with van der Waals surface area (Å²) in [5.41, 5.74) is 1.48. The van der Waals surface area contributed by atoms with Crippen LogP contribution in [-0.4, -0.2) is 21.5 Å². The minimum absolute atomic E-state index is 0.302. The number of nitrogens with zero attached hydrogens (tertiary/aromatic N) is 3. The maximum atomic E-state index is 14.4. The van der Waals surface area contributed by atoms with Gasteiger partial charge in [-0.15, -0.1) is 0 Å². The lowest BCUT2D eigenvalue weighted by atomic mass is 10.1. The zero-order valence-corrected chi connectivity index (χ0v) is 14.9. The van der Waals surface area contributed by atoms with Crippen LogP contribution in [0.25, 0.3) is 22.0 Å². The molecule has 0 unspecified atom stereocenters. The predicted molar refractivity (Wildman–Crippen MR) is 97.1 cm³/mol. The third kappa shape index (κ3) is 3.55. The normalized spacial score (nSPS) is 10.8. The molecule has 2 heterocycles. The molecular weight excluding hydrogens is 347 g/mol. The lowest BCUT2D eigenvalue weighted by Crippen LogP contribution is -1.97. The summed E-state index contributed by atoms with van der Waals surface area (Å²) >= 11 is 7.55. The quantitative estimate of drug-likeness (QED) is 0.678. The van der Waals surface area contributed by atoms with Crippen LogP contribution in [0.4, 0.5) is 9.52 Å². The van der Waals surface area contributed by atoms with E-state index < -0.39 is 0 Å². The first-order valence-electron chi connectivity index (χ1n) is 7.57. The minimum Gasteiger partial charge on any atom is -0.362 e. The third-order valence-electron chi connectivity index (χ3n) is 3.40. The van der Waals surface area contributed by atoms with Gasteiger partial charge in [0.15, 0.2) is 11.0 Å². The van der Waals surface area contributed by atoms with E-state index in [1.807, 2.05) is 0 Å². The van der Waals surface area contributed by atoms with Gasteiger partial charge in [0, 0.05) is 24.0 Å². The second kappa shape index (κ2) is 7.23. The second-order valence-corrected chi connectivity index (χ2v) is 6.77. The molecule has 0 radical (unpaired) electrons. The molecule has 1 aromatic carbocycles. The highest BCUT2D eigenvalue weighted by Crippen LogP contribution is 2.30. The first kappa shape index (κ1) is 16.8. The van der Waals surface area contributed by atoms with Crippen LogP contribution in [0.5, 0.6) is 0 Å². The SMILES string of the molecule is CCCNc1ncc(-c2ccnc(-c3cc(Cl)cc(C)c3F)n2)s1. The topological polar surface area (TPSA) is 50.7 Å². The zero-order chi connectivity index (χ0) is 17.1. The number of anilines is 1. The molecule has 24 heavy (non-hydrogen) atoms. The second-order valence-electron chi connectivity index (χ2n) is 5.31. The fraction of sp³-hybridized carbons (Fsp3) is 0.235. The van der Waals surface area contributed by atoms with Crippen LogP contribution in [-0.2, 0) is 0 Å². The fourth-order valence-corrected chi connectivity index (χ4v) is 3.30. The van der Waals surface area contributed by atoms with Crippen LogP contribution in [0.1, 0.15) is 18.9 Å². The standard InChI is InChI=1S/C17H16ClFN4S/c1-3-5-21-17-22-9-14(24-17)13-4-6-20-16(23-13)12-8-11(18)7-10(2)15(12)19/h4,6-9H,3,5H2,1-2H3,(H,21,22). The smallest absolute Gasteiger partial charge is 0.183 e. The summed E-state index contributed by atoms with van der Waals surface area (Å²) < 4.78 is 14.4. The Morgan fingerprint density at radius 3 is 2.92 bits per heavy atom. The molecule has 3 rings (SSSR count). The fourth-order valence-electron chi connectivity index (χ4n) is 2.22. The number of rotatable bonds is 5. The van der Waals surface area contributed by atoms with Crippen molar-refractivity contribution in [2.24, 2.45) is 0 Å². The molecule has 7 heteroatoms. The van der Waals surface area contributed by atoms with Gasteiger partial charge < -0.3 is 5.32 Å². The molecular formula is C17H16ClFN4S. The van der Waals surface area contributed by atoms with Crippen molar-refractivity contribution in [3.05, 3.63) is 47.0 Å². The predicted octanol–water partition coefficient (Wildman–Crippen LogP) is 5.19. The van der Waals surface area contributed by atoms with Crippen LogP contribution in [0, 0.1) is 12.7 Å². The molecule has 0 aliphatic rings. The summed E-state index contributed by atoms with van der Waals surface area (Å²) in [6.07, 6.45) is 4.40. The lowest BCUT2D eigenvalue weighted by Gasteiger charge is -2.06. The molecule has 0 amide bonds. The van der Waals surface area contributed by atoms with Crippen molar-refractivity contribution in [2.75, 3.05) is 11.9 Å². The van der Waals surface area contributed by atoms with E-state index in [4.69, 9.17) is 11.6 Å². The molecule has 1 N–H and O–H groups in total. The number of halogens is 2. The Kier molecular flexibility index (Phi) is 5.06. The van der Waals surface area contributed by atoms with Gasteiger partial charge in [-0.05, 0) is 37.1 Å². The number of hydrogen-bond donors (Lipinski definition) is 1. The summed E-state index contributed by atoms with van der Waals surface area (Å²) in [6.45, 7) is 4.64. The van der Waals surface area contributed by atoms with Gasteiger partial charge in [0.25, 0.3) is 0 Å². The average Bonchev–Trinajstić information content (AvgIpc) is 3.05. The number of aryl methyl sites for hydroxylation is 1. The van der Waals surface area contributed by atoms with Crippen LogP contribution in [0.3, 0.4) is 0 Å². The van der Waals surface area contributed by atoms with Gasteiger partial charge in [0.2, 0.25) is 0 Å². The number of hydrogen-bond acceptors (Lipinski definition) is 5. The Bertz CT molecular complexity index is 866. The molecule has 0 aliphatic heterocycles. The molecule has 4 nitrogen and oxygen atoms in total. The van der Waals surface area contributed by atoms with Crippen LogP contribution < -0.4 is 5.32 Å². The first-order chi connectivity index (χ1) is 11.6. The molecule has 0 bridgehead atoms. The third-order valence-corrected chi connectivity index (χ3v) is 4.60. The van der Waals surface area contributed by atoms with Gasteiger partial charge >= 0.3 is 0 Å². The van der Waals surface area contributed by atoms with Gasteiger partial charge in [-0.1, -0.05) is 29.9 Å². The monoisotopic (exact) mass is 362 g/mol. The van der Waals surface area contributed by atoms with Crippen molar-refractivity contribution in [2.45, 2.75) is 20.3 Å². The summed E-state index contributed by atoms with van der Waals surface area (Å²) in [6, 6.07) is 4.92. The van der Waals surface area contributed by atoms with E-state index in [0.717, 1.165) is 23.0 Å². The molecule has 124 valence electrons. The van der Waals surface area contributed by atoms with Gasteiger partial charge in [-0.25, -0.2) is 19.3 Å². The number of aromatic nitrogens is 3. The van der Waals surface area contributed by atoms with Crippen molar-refractivity contribution in [3.63, 3.8) is 0 Å². The highest BCUT2D eigenvalue weighted by atomic mass is 35.5. The molecule has 0 saturated carbocycles. The number of benzene rings is 1. The first-order valence-corrected chi connectivity index (χ1v) is 8.77. The van der Waals surface area contributed by atoms with Gasteiger partial charge in [0.05, 0.1) is 16.1 Å². The summed E-state index contributed by atoms with van der Waals surface area (Å²) in [5, 5.41) is 4.55. The van der Waals surface area contributed by atoms with Crippen molar-refractivity contribution < 1.29 is 4.39 Å². The van der Waals surface area contributed by atoms with E-state index in [1.54, 1.807) is 37.5 Å². The van der Waals surface area contributed by atoms with Crippen LogP contribution >= 0.6 is 22.9 Å². The van der Waals surface area contributed by atoms with Crippen LogP contribution in [0.2, 0.25) is 5.02 Å². The molecule has 0 spiro atoms. The van der Waals surface area contributed by atoms with Gasteiger partial charge in [-0.2, -0.15) is 0 Å². The van der Waals surface area contributed by atoms with E-state index in [1.165, 1.54) is 11.3 Å². The molecule has 0 fully saturated rings. The Morgan fingerprint density at radius 1 is 1.29 bits per heavy atom. The van der Waals surface area contributed by atoms with E-state index in [0.29, 0.717) is 27.7 Å². The van der Waals surface area contributed by atoms with Crippen molar-refractivity contribution in [1.29, 1.82) is 0 Å². The largest absolute Gasteiger partial charge is 0.362 e. The Morgan fingerprint density at radius 2 is 2.12 bits per heavy atom. The summed E-state index contributed by atoms with van der Waals surface area (Å²) in [5.74, 6) is -0.0433. The van der Waals surface area contributed by atoms with Crippen LogP contribution in [0.15, 0.2) is 30.6 Å². The zero-order valence-electron chi connectivity index (χ0n) is 13.3. The number of nitrogens with one attached hydrogen (secondary N) is 1. The maximum absolute atomic E-state index is 14.4. The molecule has 0 aliphatic carbocycles. The average molecular weight is 363 g/mol. The van der Waals surface area contributed by atoms with Gasteiger partial charge in [0.1, 0.15) is 5.82 Å². The minimum atomic E-state index is -0.355. The van der Waals surface area contributed by atoms with E-state index in [9.17, 15) is 4.39 Å².